The highest BCUT2D eigenvalue weighted by Gasteiger charge is 2.52. The molecule has 0 bridgehead atoms. The summed E-state index contributed by atoms with van der Waals surface area (Å²) in [7, 11) is 0. The molecule has 50 heavy (non-hydrogen) atoms. The number of aliphatic carboxylic acids is 1. The number of halogens is 2. The lowest BCUT2D eigenvalue weighted by atomic mass is 9.84. The van der Waals surface area contributed by atoms with E-state index in [1.165, 1.54) is 0 Å². The number of carboxylic acids is 1. The number of fused-ring (bicyclic) bond motifs is 1. The second-order valence-corrected chi connectivity index (χ2v) is 15.6. The summed E-state index contributed by atoms with van der Waals surface area (Å²) in [5.74, 6) is -0.468. The van der Waals surface area contributed by atoms with Gasteiger partial charge in [-0.05, 0) is 119 Å². The molecule has 4 aliphatic heterocycles. The van der Waals surface area contributed by atoms with E-state index < -0.39 is 17.7 Å². The van der Waals surface area contributed by atoms with Crippen molar-refractivity contribution in [2.45, 2.75) is 82.1 Å². The molecule has 3 N–H and O–H groups in total. The molecule has 2 atom stereocenters. The highest BCUT2D eigenvalue weighted by atomic mass is 79.9. The molecule has 270 valence electrons. The lowest BCUT2D eigenvalue weighted by Gasteiger charge is -2.57. The van der Waals surface area contributed by atoms with Crippen LogP contribution in [0, 0.1) is 5.92 Å². The molecule has 2 aromatic rings. The molecule has 4 aliphatic rings. The van der Waals surface area contributed by atoms with E-state index in [-0.39, 0.29) is 43.2 Å². The molecule has 3 saturated heterocycles. The van der Waals surface area contributed by atoms with Crippen LogP contribution in [-0.4, -0.2) is 111 Å². The van der Waals surface area contributed by atoms with Crippen molar-refractivity contribution in [1.82, 2.24) is 19.6 Å². The number of nitrogens with one attached hydrogen (secondary N) is 1. The van der Waals surface area contributed by atoms with Gasteiger partial charge in [-0.1, -0.05) is 18.2 Å². The van der Waals surface area contributed by atoms with Gasteiger partial charge in [0.2, 0.25) is 0 Å². The van der Waals surface area contributed by atoms with Gasteiger partial charge in [-0.25, -0.2) is 9.59 Å². The Labute approximate surface area is 309 Å². The van der Waals surface area contributed by atoms with Crippen LogP contribution in [0.2, 0.25) is 0 Å². The number of carboxylic acid groups (broad SMARTS) is 1. The van der Waals surface area contributed by atoms with Crippen molar-refractivity contribution in [3.8, 4) is 5.75 Å². The monoisotopic (exact) mass is 817 g/mol. The summed E-state index contributed by atoms with van der Waals surface area (Å²) in [4.78, 5) is 59.8. The molecule has 6 rings (SSSR count). The Morgan fingerprint density at radius 2 is 1.64 bits per heavy atom. The number of urea groups is 1. The van der Waals surface area contributed by atoms with Crippen LogP contribution in [0.15, 0.2) is 45.3 Å². The summed E-state index contributed by atoms with van der Waals surface area (Å²) in [6, 6.07) is 11.2. The molecule has 4 heterocycles. The zero-order valence-electron chi connectivity index (χ0n) is 28.1. The third-order valence-corrected chi connectivity index (χ3v) is 12.3. The van der Waals surface area contributed by atoms with Crippen LogP contribution < -0.4 is 5.32 Å². The second-order valence-electron chi connectivity index (χ2n) is 13.9. The number of para-hydroxylation sites is 1. The predicted molar refractivity (Wildman–Crippen MR) is 194 cm³/mol. The van der Waals surface area contributed by atoms with E-state index in [1.54, 1.807) is 17.0 Å². The maximum atomic E-state index is 14.1. The number of benzene rings is 2. The van der Waals surface area contributed by atoms with E-state index in [2.05, 4.69) is 47.0 Å². The van der Waals surface area contributed by atoms with Gasteiger partial charge in [0.1, 0.15) is 24.3 Å². The predicted octanol–water partition coefficient (Wildman–Crippen LogP) is 6.04. The number of piperidine rings is 3. The lowest BCUT2D eigenvalue weighted by molar-refractivity contribution is -0.138. The van der Waals surface area contributed by atoms with Gasteiger partial charge in [-0.3, -0.25) is 14.6 Å². The highest BCUT2D eigenvalue weighted by molar-refractivity contribution is 9.11. The highest BCUT2D eigenvalue weighted by Crippen LogP contribution is 2.40. The fraction of sp³-hybridized carbons (Fsp3) is 0.556. The first-order valence-corrected chi connectivity index (χ1v) is 19.1. The Morgan fingerprint density at radius 1 is 0.960 bits per heavy atom. The van der Waals surface area contributed by atoms with Gasteiger partial charge in [0, 0.05) is 63.2 Å². The van der Waals surface area contributed by atoms with Gasteiger partial charge in [0.25, 0.3) is 0 Å². The van der Waals surface area contributed by atoms with Crippen LogP contribution in [0.1, 0.15) is 62.5 Å². The second kappa shape index (κ2) is 16.0. The summed E-state index contributed by atoms with van der Waals surface area (Å²) >= 11 is 6.68. The topological polar surface area (TPSA) is 143 Å². The third-order valence-electron chi connectivity index (χ3n) is 11.1. The quantitative estimate of drug-likeness (QED) is 0.258. The van der Waals surface area contributed by atoms with Gasteiger partial charge >= 0.3 is 18.1 Å². The number of aldehydes is 1. The fourth-order valence-electron chi connectivity index (χ4n) is 8.44. The average molecular weight is 820 g/mol. The molecule has 0 unspecified atom stereocenters. The van der Waals surface area contributed by atoms with Crippen LogP contribution in [-0.2, 0) is 27.4 Å². The van der Waals surface area contributed by atoms with Gasteiger partial charge in [0.15, 0.2) is 0 Å². The molecule has 3 amide bonds. The number of carbonyl (C=O) groups is 4. The molecule has 0 aromatic heterocycles. The first-order chi connectivity index (χ1) is 24.1. The minimum Gasteiger partial charge on any atom is -0.506 e. The minimum absolute atomic E-state index is 0.0277. The maximum absolute atomic E-state index is 14.1. The van der Waals surface area contributed by atoms with E-state index in [1.807, 2.05) is 29.2 Å². The number of amides is 3. The summed E-state index contributed by atoms with van der Waals surface area (Å²) < 4.78 is 6.85. The fourth-order valence-corrected chi connectivity index (χ4v) is 9.72. The molecule has 0 spiro atoms. The first kappa shape index (κ1) is 36.6. The molecular formula is C36H45Br2N5O7. The minimum atomic E-state index is -0.989. The number of ether oxygens (including phenoxy) is 1. The summed E-state index contributed by atoms with van der Waals surface area (Å²) in [5, 5.41) is 22.5. The van der Waals surface area contributed by atoms with Crippen molar-refractivity contribution in [1.29, 1.82) is 0 Å². The Morgan fingerprint density at radius 3 is 2.32 bits per heavy atom. The maximum Gasteiger partial charge on any atom is 0.411 e. The number of likely N-dealkylation sites (tertiary alicyclic amines) is 3. The zero-order chi connectivity index (χ0) is 35.4. The molecule has 0 aliphatic carbocycles. The average Bonchev–Trinajstić information content (AvgIpc) is 3.27. The van der Waals surface area contributed by atoms with Crippen LogP contribution in [0.5, 0.6) is 5.75 Å². The smallest absolute Gasteiger partial charge is 0.411 e. The number of rotatable bonds is 9. The van der Waals surface area contributed by atoms with Crippen LogP contribution in [0.3, 0.4) is 0 Å². The molecule has 12 nitrogen and oxygen atoms in total. The van der Waals surface area contributed by atoms with Crippen molar-refractivity contribution in [3.63, 3.8) is 0 Å². The van der Waals surface area contributed by atoms with E-state index >= 15 is 0 Å². The number of phenols is 1. The van der Waals surface area contributed by atoms with E-state index in [4.69, 9.17) is 4.74 Å². The number of hydrogen-bond acceptors (Lipinski definition) is 8. The molecule has 3 fully saturated rings. The van der Waals surface area contributed by atoms with E-state index in [0.717, 1.165) is 56.3 Å². The summed E-state index contributed by atoms with van der Waals surface area (Å²) in [5.41, 5.74) is 1.57. The molecule has 0 radical (unpaired) electrons. The van der Waals surface area contributed by atoms with Crippen molar-refractivity contribution >= 4 is 61.9 Å². The molecule has 2 aromatic carbocycles. The molecule has 0 saturated carbocycles. The van der Waals surface area contributed by atoms with Crippen molar-refractivity contribution in [2.75, 3.05) is 44.6 Å². The van der Waals surface area contributed by atoms with Crippen LogP contribution in [0.25, 0.3) is 0 Å². The number of phenolic OH excluding ortho intramolecular Hbond substituents is 1. The lowest BCUT2D eigenvalue weighted by Crippen LogP contribution is -2.70. The van der Waals surface area contributed by atoms with Crippen LogP contribution in [0.4, 0.5) is 15.3 Å². The Balaban J connectivity index is 1.21. The zero-order valence-corrected chi connectivity index (χ0v) is 31.2. The van der Waals surface area contributed by atoms with E-state index in [9.17, 15) is 29.4 Å². The number of aromatic hydroxyl groups is 1. The first-order valence-electron chi connectivity index (χ1n) is 17.5. The summed E-state index contributed by atoms with van der Waals surface area (Å²) in [6.07, 6.45) is 5.76. The normalized spacial score (nSPS) is 24.3. The standard InChI is InChI=1S/C36H45Br2N5O7/c37-29-19-25(20-30(38)33(29)47)23-50-35(49)43-17-10-28(42-16-7-26-3-1-2-4-31(26)39-34(42)48)22-36(43,11-18-44)41-14-8-27(9-15-41)40-12-5-24(6-13-40)21-32(45)46/h1-4,18-20,24,27-28,47H,5-17,21-23H2,(H,39,48)(H,45,46)/t28-,36+/m1/s1. The van der Waals surface area contributed by atoms with Gasteiger partial charge in [0.05, 0.1) is 8.95 Å². The molecular weight excluding hydrogens is 774 g/mol. The van der Waals surface area contributed by atoms with Crippen molar-refractivity contribution in [2.24, 2.45) is 5.92 Å². The van der Waals surface area contributed by atoms with Crippen molar-refractivity contribution in [3.05, 3.63) is 56.5 Å². The molecule has 14 heteroatoms. The van der Waals surface area contributed by atoms with Gasteiger partial charge < -0.3 is 34.9 Å². The van der Waals surface area contributed by atoms with Crippen LogP contribution >= 0.6 is 31.9 Å². The SMILES string of the molecule is O=CC[C@@]1(N2CCC(N3CCC(CC(=O)O)CC3)CC2)C[C@H](N2CCc3ccccc3NC2=O)CCN1C(=O)OCc1cc(Br)c(O)c(Br)c1. The van der Waals surface area contributed by atoms with Crippen molar-refractivity contribution < 1.29 is 34.1 Å². The van der Waals surface area contributed by atoms with Gasteiger partial charge in [-0.2, -0.15) is 0 Å². The number of anilines is 1. The Bertz CT molecular complexity index is 1560. The number of nitrogens with zero attached hydrogens (tertiary/aromatic N) is 4. The third kappa shape index (κ3) is 7.98. The summed E-state index contributed by atoms with van der Waals surface area (Å²) in [6.45, 7) is 3.89. The Kier molecular flexibility index (Phi) is 11.7. The number of hydrogen-bond donors (Lipinski definition) is 3. The van der Waals surface area contributed by atoms with E-state index in [0.29, 0.717) is 66.0 Å². The Hall–Kier alpha value is -3.20. The van der Waals surface area contributed by atoms with Gasteiger partial charge in [-0.15, -0.1) is 0 Å². The largest absolute Gasteiger partial charge is 0.506 e. The number of carbonyl (C=O) groups excluding carboxylic acids is 3.